The van der Waals surface area contributed by atoms with Crippen molar-refractivity contribution in [1.82, 2.24) is 10.0 Å². The van der Waals surface area contributed by atoms with E-state index < -0.39 is 10.0 Å². The van der Waals surface area contributed by atoms with Crippen LogP contribution in [0.5, 0.6) is 0 Å². The molecule has 2 N–H and O–H groups in total. The van der Waals surface area contributed by atoms with Crippen molar-refractivity contribution < 1.29 is 8.42 Å². The highest BCUT2D eigenvalue weighted by molar-refractivity contribution is 7.89. The molecule has 106 valence electrons. The second-order valence-corrected chi connectivity index (χ2v) is 6.14. The summed E-state index contributed by atoms with van der Waals surface area (Å²) in [6.07, 6.45) is 0. The zero-order valence-electron chi connectivity index (χ0n) is 11.1. The van der Waals surface area contributed by atoms with Gasteiger partial charge in [-0.05, 0) is 17.7 Å². The summed E-state index contributed by atoms with van der Waals surface area (Å²) in [6.45, 7) is 1.68. The van der Waals surface area contributed by atoms with Crippen LogP contribution in [0.1, 0.15) is 5.56 Å². The van der Waals surface area contributed by atoms with Crippen LogP contribution in [0.4, 0.5) is 0 Å². The summed E-state index contributed by atoms with van der Waals surface area (Å²) in [7, 11) is -3.40. The molecule has 5 heteroatoms. The summed E-state index contributed by atoms with van der Waals surface area (Å²) in [5.74, 6) is 0. The molecule has 0 spiro atoms. The first-order chi connectivity index (χ1) is 9.68. The molecule has 0 fully saturated rings. The Morgan fingerprint density at radius 1 is 0.800 bits per heavy atom. The zero-order valence-corrected chi connectivity index (χ0v) is 11.9. The molecule has 0 radical (unpaired) electrons. The van der Waals surface area contributed by atoms with Gasteiger partial charge >= 0.3 is 0 Å². The van der Waals surface area contributed by atoms with Crippen LogP contribution in [0.2, 0.25) is 0 Å². The van der Waals surface area contributed by atoms with Gasteiger partial charge in [-0.1, -0.05) is 48.5 Å². The Morgan fingerprint density at radius 2 is 1.40 bits per heavy atom. The summed E-state index contributed by atoms with van der Waals surface area (Å²) in [5, 5.41) is 3.20. The molecule has 2 aromatic carbocycles. The highest BCUT2D eigenvalue weighted by Crippen LogP contribution is 2.06. The topological polar surface area (TPSA) is 58.2 Å². The molecule has 0 heterocycles. The van der Waals surface area contributed by atoms with Gasteiger partial charge in [0.25, 0.3) is 0 Å². The Labute approximate surface area is 119 Å². The Hall–Kier alpha value is -1.69. The van der Waals surface area contributed by atoms with E-state index in [4.69, 9.17) is 0 Å². The molecule has 2 rings (SSSR count). The largest absolute Gasteiger partial charge is 0.311 e. The first-order valence-corrected chi connectivity index (χ1v) is 7.96. The average molecular weight is 290 g/mol. The molecule has 0 aliphatic rings. The quantitative estimate of drug-likeness (QED) is 0.764. The lowest BCUT2D eigenvalue weighted by Gasteiger charge is -2.08. The lowest BCUT2D eigenvalue weighted by molar-refractivity contribution is 0.576. The van der Waals surface area contributed by atoms with Gasteiger partial charge in [0.05, 0.1) is 4.90 Å². The maximum absolute atomic E-state index is 11.9. The van der Waals surface area contributed by atoms with Gasteiger partial charge in [-0.3, -0.25) is 0 Å². The fourth-order valence-corrected chi connectivity index (χ4v) is 2.84. The third-order valence-electron chi connectivity index (χ3n) is 2.82. The van der Waals surface area contributed by atoms with E-state index in [1.165, 1.54) is 5.56 Å². The van der Waals surface area contributed by atoms with Gasteiger partial charge in [0, 0.05) is 19.6 Å². The van der Waals surface area contributed by atoms with Crippen LogP contribution in [0.15, 0.2) is 65.6 Å². The van der Waals surface area contributed by atoms with Crippen LogP contribution in [0.3, 0.4) is 0 Å². The van der Waals surface area contributed by atoms with Crippen LogP contribution in [-0.4, -0.2) is 21.5 Å². The van der Waals surface area contributed by atoms with Crippen molar-refractivity contribution in [2.24, 2.45) is 0 Å². The van der Waals surface area contributed by atoms with Crippen LogP contribution in [-0.2, 0) is 16.6 Å². The second-order valence-electron chi connectivity index (χ2n) is 4.37. The minimum absolute atomic E-state index is 0.294. The Kier molecular flexibility index (Phi) is 5.29. The molecular weight excluding hydrogens is 272 g/mol. The number of hydrogen-bond donors (Lipinski definition) is 2. The molecule has 2 aromatic rings. The summed E-state index contributed by atoms with van der Waals surface area (Å²) < 4.78 is 26.4. The Bertz CT molecular complexity index is 613. The van der Waals surface area contributed by atoms with E-state index in [1.807, 2.05) is 30.3 Å². The fourth-order valence-electron chi connectivity index (χ4n) is 1.79. The van der Waals surface area contributed by atoms with Crippen LogP contribution in [0.25, 0.3) is 0 Å². The number of sulfonamides is 1. The third-order valence-corrected chi connectivity index (χ3v) is 4.30. The molecule has 0 saturated heterocycles. The average Bonchev–Trinajstić information content (AvgIpc) is 2.49. The van der Waals surface area contributed by atoms with E-state index in [0.717, 1.165) is 6.54 Å². The molecular formula is C15H18N2O2S. The lowest BCUT2D eigenvalue weighted by atomic mass is 10.2. The maximum Gasteiger partial charge on any atom is 0.240 e. The van der Waals surface area contributed by atoms with Gasteiger partial charge in [-0.2, -0.15) is 0 Å². The molecule has 0 aromatic heterocycles. The van der Waals surface area contributed by atoms with Crippen molar-refractivity contribution in [2.45, 2.75) is 11.4 Å². The lowest BCUT2D eigenvalue weighted by Crippen LogP contribution is -2.31. The Morgan fingerprint density at radius 3 is 2.05 bits per heavy atom. The Balaban J connectivity index is 1.74. The minimum Gasteiger partial charge on any atom is -0.311 e. The summed E-state index contributed by atoms with van der Waals surface area (Å²) in [5.41, 5.74) is 1.18. The standard InChI is InChI=1S/C15H18N2O2S/c18-20(19,15-9-5-2-6-10-15)17-12-11-16-13-14-7-3-1-4-8-14/h1-10,16-17H,11-13H2. The van der Waals surface area contributed by atoms with Gasteiger partial charge in [0.2, 0.25) is 10.0 Å². The maximum atomic E-state index is 11.9. The molecule has 20 heavy (non-hydrogen) atoms. The molecule has 0 saturated carbocycles. The van der Waals surface area contributed by atoms with Gasteiger partial charge < -0.3 is 5.32 Å². The predicted octanol–water partition coefficient (Wildman–Crippen LogP) is 1.75. The van der Waals surface area contributed by atoms with Crippen molar-refractivity contribution in [3.63, 3.8) is 0 Å². The van der Waals surface area contributed by atoms with E-state index in [9.17, 15) is 8.42 Å². The predicted molar refractivity (Wildman–Crippen MR) is 79.8 cm³/mol. The molecule has 4 nitrogen and oxygen atoms in total. The van der Waals surface area contributed by atoms with Gasteiger partial charge in [0.15, 0.2) is 0 Å². The first kappa shape index (κ1) is 14.7. The number of nitrogens with one attached hydrogen (secondary N) is 2. The second kappa shape index (κ2) is 7.19. The zero-order chi connectivity index (χ0) is 14.3. The first-order valence-electron chi connectivity index (χ1n) is 6.48. The van der Waals surface area contributed by atoms with E-state index in [-0.39, 0.29) is 0 Å². The molecule has 0 amide bonds. The molecule has 0 bridgehead atoms. The molecule has 0 unspecified atom stereocenters. The van der Waals surface area contributed by atoms with E-state index in [1.54, 1.807) is 30.3 Å². The van der Waals surface area contributed by atoms with Gasteiger partial charge in [-0.25, -0.2) is 13.1 Å². The van der Waals surface area contributed by atoms with Crippen molar-refractivity contribution >= 4 is 10.0 Å². The van der Waals surface area contributed by atoms with Gasteiger partial charge in [0.1, 0.15) is 0 Å². The summed E-state index contributed by atoms with van der Waals surface area (Å²) in [6, 6.07) is 18.4. The third kappa shape index (κ3) is 4.45. The number of hydrogen-bond acceptors (Lipinski definition) is 3. The summed E-state index contributed by atoms with van der Waals surface area (Å²) in [4.78, 5) is 0.294. The fraction of sp³-hybridized carbons (Fsp3) is 0.200. The van der Waals surface area contributed by atoms with E-state index in [0.29, 0.717) is 18.0 Å². The SMILES string of the molecule is O=S(=O)(NCCNCc1ccccc1)c1ccccc1. The highest BCUT2D eigenvalue weighted by atomic mass is 32.2. The van der Waals surface area contributed by atoms with Gasteiger partial charge in [-0.15, -0.1) is 0 Å². The normalized spacial score (nSPS) is 11.4. The molecule has 0 aliphatic heterocycles. The minimum atomic E-state index is -3.40. The van der Waals surface area contributed by atoms with E-state index in [2.05, 4.69) is 10.0 Å². The monoisotopic (exact) mass is 290 g/mol. The molecule has 0 atom stereocenters. The number of rotatable bonds is 7. The molecule has 0 aliphatic carbocycles. The smallest absolute Gasteiger partial charge is 0.240 e. The van der Waals surface area contributed by atoms with E-state index >= 15 is 0 Å². The van der Waals surface area contributed by atoms with Crippen LogP contribution in [0, 0.1) is 0 Å². The van der Waals surface area contributed by atoms with Crippen LogP contribution >= 0.6 is 0 Å². The van der Waals surface area contributed by atoms with Crippen molar-refractivity contribution in [3.05, 3.63) is 66.2 Å². The number of benzene rings is 2. The van der Waals surface area contributed by atoms with Crippen LogP contribution < -0.4 is 10.0 Å². The van der Waals surface area contributed by atoms with Crippen molar-refractivity contribution in [1.29, 1.82) is 0 Å². The highest BCUT2D eigenvalue weighted by Gasteiger charge is 2.11. The van der Waals surface area contributed by atoms with Crippen molar-refractivity contribution in [3.8, 4) is 0 Å². The summed E-state index contributed by atoms with van der Waals surface area (Å²) >= 11 is 0. The van der Waals surface area contributed by atoms with Crippen molar-refractivity contribution in [2.75, 3.05) is 13.1 Å².